The fraction of sp³-hybridized carbons (Fsp3) is 0.417. The first-order valence-electron chi connectivity index (χ1n) is 5.81. The van der Waals surface area contributed by atoms with Crippen LogP contribution in [0, 0.1) is 21.4 Å². The highest BCUT2D eigenvalue weighted by Gasteiger charge is 2.27. The molecule has 1 aromatic carbocycles. The Balaban J connectivity index is 2.32. The number of rotatable bonds is 3. The molecule has 1 aliphatic heterocycles. The number of nitro benzene ring substituents is 1. The number of hydrogen-bond acceptors (Lipinski definition) is 5. The van der Waals surface area contributed by atoms with Crippen LogP contribution in [0.25, 0.3) is 0 Å². The maximum atomic E-state index is 11.0. The van der Waals surface area contributed by atoms with E-state index < -0.39 is 11.0 Å². The fourth-order valence-electron chi connectivity index (χ4n) is 2.17. The SMILES string of the molecule is N#CC(c1ccccc1[N+](=O)[O-])N1CCNCC1. The van der Waals surface area contributed by atoms with Crippen molar-refractivity contribution in [2.45, 2.75) is 6.04 Å². The third kappa shape index (κ3) is 2.47. The van der Waals surface area contributed by atoms with Gasteiger partial charge in [0.25, 0.3) is 5.69 Å². The molecule has 0 spiro atoms. The third-order valence-corrected chi connectivity index (χ3v) is 3.07. The summed E-state index contributed by atoms with van der Waals surface area (Å²) in [5.74, 6) is 0. The number of nitriles is 1. The van der Waals surface area contributed by atoms with Crippen LogP contribution in [-0.2, 0) is 0 Å². The van der Waals surface area contributed by atoms with Gasteiger partial charge in [-0.05, 0) is 6.07 Å². The van der Waals surface area contributed by atoms with Gasteiger partial charge in [0.05, 0.1) is 16.6 Å². The van der Waals surface area contributed by atoms with Gasteiger partial charge < -0.3 is 5.32 Å². The Hall–Kier alpha value is -1.97. The smallest absolute Gasteiger partial charge is 0.275 e. The molecular weight excluding hydrogens is 232 g/mol. The topological polar surface area (TPSA) is 82.2 Å². The summed E-state index contributed by atoms with van der Waals surface area (Å²) >= 11 is 0. The van der Waals surface area contributed by atoms with E-state index in [1.807, 2.05) is 4.90 Å². The number of nitro groups is 1. The van der Waals surface area contributed by atoms with E-state index in [-0.39, 0.29) is 5.69 Å². The van der Waals surface area contributed by atoms with Crippen molar-refractivity contribution in [3.05, 3.63) is 39.9 Å². The predicted octanol–water partition coefficient (Wildman–Crippen LogP) is 1.06. The van der Waals surface area contributed by atoms with Crippen molar-refractivity contribution in [1.29, 1.82) is 5.26 Å². The lowest BCUT2D eigenvalue weighted by atomic mass is 10.0. The molecule has 18 heavy (non-hydrogen) atoms. The molecule has 2 rings (SSSR count). The number of nitrogens with zero attached hydrogens (tertiary/aromatic N) is 3. The maximum absolute atomic E-state index is 11.0. The van der Waals surface area contributed by atoms with Gasteiger partial charge in [0.15, 0.2) is 0 Å². The van der Waals surface area contributed by atoms with Crippen molar-refractivity contribution in [1.82, 2.24) is 10.2 Å². The average Bonchev–Trinajstić information content (AvgIpc) is 2.41. The number of piperazine rings is 1. The molecule has 1 aliphatic rings. The Bertz CT molecular complexity index is 477. The zero-order chi connectivity index (χ0) is 13.0. The van der Waals surface area contributed by atoms with Crippen molar-refractivity contribution < 1.29 is 4.92 Å². The minimum atomic E-state index is -0.548. The lowest BCUT2D eigenvalue weighted by Crippen LogP contribution is -2.44. The normalized spacial score (nSPS) is 17.9. The van der Waals surface area contributed by atoms with Gasteiger partial charge in [0.1, 0.15) is 6.04 Å². The molecular formula is C12H14N4O2. The lowest BCUT2D eigenvalue weighted by Gasteiger charge is -2.30. The standard InChI is InChI=1S/C12H14N4O2/c13-9-12(15-7-5-14-6-8-15)10-3-1-2-4-11(10)16(17)18/h1-4,12,14H,5-8H2. The van der Waals surface area contributed by atoms with Crippen LogP contribution in [0.1, 0.15) is 11.6 Å². The molecule has 0 aromatic heterocycles. The van der Waals surface area contributed by atoms with E-state index in [1.165, 1.54) is 6.07 Å². The number of benzene rings is 1. The van der Waals surface area contributed by atoms with Crippen molar-refractivity contribution in [3.63, 3.8) is 0 Å². The number of hydrogen-bond donors (Lipinski definition) is 1. The van der Waals surface area contributed by atoms with Gasteiger partial charge in [-0.1, -0.05) is 12.1 Å². The predicted molar refractivity (Wildman–Crippen MR) is 65.9 cm³/mol. The molecule has 94 valence electrons. The second kappa shape index (κ2) is 5.58. The largest absolute Gasteiger partial charge is 0.314 e. The van der Waals surface area contributed by atoms with Crippen LogP contribution >= 0.6 is 0 Å². The van der Waals surface area contributed by atoms with Gasteiger partial charge in [-0.25, -0.2) is 0 Å². The van der Waals surface area contributed by atoms with Gasteiger partial charge in [0, 0.05) is 32.2 Å². The first-order chi connectivity index (χ1) is 8.74. The summed E-state index contributed by atoms with van der Waals surface area (Å²) in [5, 5.41) is 23.5. The van der Waals surface area contributed by atoms with Crippen molar-refractivity contribution in [3.8, 4) is 6.07 Å². The molecule has 6 heteroatoms. The quantitative estimate of drug-likeness (QED) is 0.637. The van der Waals surface area contributed by atoms with Crippen LogP contribution in [0.4, 0.5) is 5.69 Å². The summed E-state index contributed by atoms with van der Waals surface area (Å²) in [5.41, 5.74) is 0.495. The Labute approximate surface area is 105 Å². The highest BCUT2D eigenvalue weighted by atomic mass is 16.6. The lowest BCUT2D eigenvalue weighted by molar-refractivity contribution is -0.385. The second-order valence-electron chi connectivity index (χ2n) is 4.13. The highest BCUT2D eigenvalue weighted by Crippen LogP contribution is 2.28. The van der Waals surface area contributed by atoms with E-state index in [4.69, 9.17) is 0 Å². The summed E-state index contributed by atoms with van der Waals surface area (Å²) in [6.07, 6.45) is 0. The van der Waals surface area contributed by atoms with E-state index in [0.29, 0.717) is 5.56 Å². The Morgan fingerprint density at radius 2 is 2.06 bits per heavy atom. The molecule has 0 amide bonds. The Morgan fingerprint density at radius 3 is 2.67 bits per heavy atom. The van der Waals surface area contributed by atoms with Crippen molar-refractivity contribution >= 4 is 5.69 Å². The van der Waals surface area contributed by atoms with E-state index in [0.717, 1.165) is 26.2 Å². The van der Waals surface area contributed by atoms with Crippen LogP contribution in [-0.4, -0.2) is 36.0 Å². The van der Waals surface area contributed by atoms with Crippen LogP contribution in [0.5, 0.6) is 0 Å². The van der Waals surface area contributed by atoms with E-state index in [2.05, 4.69) is 11.4 Å². The van der Waals surface area contributed by atoms with Crippen LogP contribution < -0.4 is 5.32 Å². The number of nitrogens with one attached hydrogen (secondary N) is 1. The van der Waals surface area contributed by atoms with Gasteiger partial charge in [0.2, 0.25) is 0 Å². The molecule has 1 atom stereocenters. The van der Waals surface area contributed by atoms with Crippen LogP contribution in [0.3, 0.4) is 0 Å². The van der Waals surface area contributed by atoms with Crippen LogP contribution in [0.15, 0.2) is 24.3 Å². The molecule has 0 bridgehead atoms. The zero-order valence-electron chi connectivity index (χ0n) is 9.87. The minimum Gasteiger partial charge on any atom is -0.314 e. The second-order valence-corrected chi connectivity index (χ2v) is 4.13. The molecule has 1 heterocycles. The minimum absolute atomic E-state index is 0.0163. The molecule has 1 saturated heterocycles. The summed E-state index contributed by atoms with van der Waals surface area (Å²) in [6, 6.07) is 8.09. The van der Waals surface area contributed by atoms with Gasteiger partial charge in [-0.2, -0.15) is 5.26 Å². The van der Waals surface area contributed by atoms with Gasteiger partial charge in [-0.3, -0.25) is 15.0 Å². The molecule has 0 saturated carbocycles. The van der Waals surface area contributed by atoms with Crippen LogP contribution in [0.2, 0.25) is 0 Å². The fourth-order valence-corrected chi connectivity index (χ4v) is 2.17. The van der Waals surface area contributed by atoms with Crippen molar-refractivity contribution in [2.75, 3.05) is 26.2 Å². The first kappa shape index (κ1) is 12.5. The molecule has 6 nitrogen and oxygen atoms in total. The summed E-state index contributed by atoms with van der Waals surface area (Å²) < 4.78 is 0. The molecule has 0 radical (unpaired) electrons. The first-order valence-corrected chi connectivity index (χ1v) is 5.81. The summed E-state index contributed by atoms with van der Waals surface area (Å²) in [7, 11) is 0. The monoisotopic (exact) mass is 246 g/mol. The number of para-hydroxylation sites is 1. The molecule has 1 N–H and O–H groups in total. The molecule has 1 unspecified atom stereocenters. The van der Waals surface area contributed by atoms with Gasteiger partial charge >= 0.3 is 0 Å². The Morgan fingerprint density at radius 1 is 1.39 bits per heavy atom. The van der Waals surface area contributed by atoms with E-state index in [1.54, 1.807) is 18.2 Å². The Kier molecular flexibility index (Phi) is 3.87. The average molecular weight is 246 g/mol. The molecule has 0 aliphatic carbocycles. The molecule has 1 fully saturated rings. The van der Waals surface area contributed by atoms with Gasteiger partial charge in [-0.15, -0.1) is 0 Å². The summed E-state index contributed by atoms with van der Waals surface area (Å²) in [4.78, 5) is 12.5. The zero-order valence-corrected chi connectivity index (χ0v) is 9.87. The van der Waals surface area contributed by atoms with E-state index >= 15 is 0 Å². The van der Waals surface area contributed by atoms with E-state index in [9.17, 15) is 15.4 Å². The third-order valence-electron chi connectivity index (χ3n) is 3.07. The maximum Gasteiger partial charge on any atom is 0.275 e. The molecule has 1 aromatic rings. The highest BCUT2D eigenvalue weighted by molar-refractivity contribution is 5.44. The van der Waals surface area contributed by atoms with Crippen molar-refractivity contribution in [2.24, 2.45) is 0 Å². The summed E-state index contributed by atoms with van der Waals surface area (Å²) in [6.45, 7) is 3.06.